The standard InChI is InChI=1S/C14H26BrN5/c1-5-8-16-14-17-9-12(15)13(19-14)18-11(4)10-20(6-2)7-3/h9,11H,5-8,10H2,1-4H3,(H2,16,17,18,19). The molecule has 6 heteroatoms. The van der Waals surface area contributed by atoms with Crippen LogP contribution in [0.5, 0.6) is 0 Å². The second kappa shape index (κ2) is 9.13. The van der Waals surface area contributed by atoms with Gasteiger partial charge in [0.2, 0.25) is 5.95 Å². The predicted octanol–water partition coefficient (Wildman–Crippen LogP) is 3.20. The molecule has 0 bridgehead atoms. The lowest BCUT2D eigenvalue weighted by molar-refractivity contribution is 0.294. The van der Waals surface area contributed by atoms with Crippen molar-refractivity contribution in [2.45, 2.75) is 40.2 Å². The average Bonchev–Trinajstić information content (AvgIpc) is 2.45. The van der Waals surface area contributed by atoms with Crippen LogP contribution in [0.1, 0.15) is 34.1 Å². The van der Waals surface area contributed by atoms with E-state index in [1.165, 1.54) is 0 Å². The van der Waals surface area contributed by atoms with Crippen LogP contribution in [0.4, 0.5) is 11.8 Å². The Labute approximate surface area is 130 Å². The lowest BCUT2D eigenvalue weighted by Crippen LogP contribution is -2.35. The van der Waals surface area contributed by atoms with Crippen molar-refractivity contribution in [3.63, 3.8) is 0 Å². The highest BCUT2D eigenvalue weighted by atomic mass is 79.9. The molecule has 114 valence electrons. The molecule has 1 aromatic heterocycles. The molecule has 20 heavy (non-hydrogen) atoms. The van der Waals surface area contributed by atoms with E-state index in [9.17, 15) is 0 Å². The normalized spacial score (nSPS) is 12.5. The van der Waals surface area contributed by atoms with E-state index in [1.807, 2.05) is 0 Å². The van der Waals surface area contributed by atoms with Gasteiger partial charge in [-0.3, -0.25) is 0 Å². The van der Waals surface area contributed by atoms with Crippen molar-refractivity contribution in [2.24, 2.45) is 0 Å². The molecule has 0 radical (unpaired) electrons. The van der Waals surface area contributed by atoms with Crippen LogP contribution in [-0.2, 0) is 0 Å². The zero-order valence-electron chi connectivity index (χ0n) is 12.9. The summed E-state index contributed by atoms with van der Waals surface area (Å²) in [6.45, 7) is 12.7. The smallest absolute Gasteiger partial charge is 0.224 e. The Kier molecular flexibility index (Phi) is 7.84. The third kappa shape index (κ3) is 5.63. The summed E-state index contributed by atoms with van der Waals surface area (Å²) in [4.78, 5) is 11.2. The minimum absolute atomic E-state index is 0.333. The molecule has 0 aliphatic rings. The summed E-state index contributed by atoms with van der Waals surface area (Å²) < 4.78 is 0.894. The van der Waals surface area contributed by atoms with Crippen LogP contribution >= 0.6 is 15.9 Å². The van der Waals surface area contributed by atoms with Crippen molar-refractivity contribution in [2.75, 3.05) is 36.8 Å². The summed E-state index contributed by atoms with van der Waals surface area (Å²) in [6, 6.07) is 0.333. The second-order valence-corrected chi connectivity index (χ2v) is 5.70. The highest BCUT2D eigenvalue weighted by molar-refractivity contribution is 9.10. The Morgan fingerprint density at radius 1 is 1.30 bits per heavy atom. The van der Waals surface area contributed by atoms with E-state index in [1.54, 1.807) is 6.20 Å². The number of aromatic nitrogens is 2. The van der Waals surface area contributed by atoms with Crippen LogP contribution in [0.25, 0.3) is 0 Å². The molecule has 1 unspecified atom stereocenters. The molecule has 0 saturated heterocycles. The number of anilines is 2. The molecular weight excluding hydrogens is 318 g/mol. The third-order valence-electron chi connectivity index (χ3n) is 3.09. The quantitative estimate of drug-likeness (QED) is 0.721. The summed E-state index contributed by atoms with van der Waals surface area (Å²) >= 11 is 3.50. The van der Waals surface area contributed by atoms with E-state index >= 15 is 0 Å². The topological polar surface area (TPSA) is 53.1 Å². The molecule has 2 N–H and O–H groups in total. The number of rotatable bonds is 9. The molecular formula is C14H26BrN5. The first-order valence-corrected chi connectivity index (χ1v) is 8.15. The highest BCUT2D eigenvalue weighted by Crippen LogP contribution is 2.21. The van der Waals surface area contributed by atoms with Gasteiger partial charge in [-0.2, -0.15) is 4.98 Å². The molecule has 0 aliphatic carbocycles. The fourth-order valence-electron chi connectivity index (χ4n) is 1.94. The van der Waals surface area contributed by atoms with Crippen LogP contribution < -0.4 is 10.6 Å². The molecule has 0 fully saturated rings. The molecule has 1 rings (SSSR count). The van der Waals surface area contributed by atoms with Gasteiger partial charge in [-0.05, 0) is 42.4 Å². The Bertz CT molecular complexity index is 395. The zero-order valence-corrected chi connectivity index (χ0v) is 14.5. The molecule has 0 saturated carbocycles. The highest BCUT2D eigenvalue weighted by Gasteiger charge is 2.11. The van der Waals surface area contributed by atoms with Crippen LogP contribution in [0.3, 0.4) is 0 Å². The molecule has 1 atom stereocenters. The van der Waals surface area contributed by atoms with Gasteiger partial charge in [0.25, 0.3) is 0 Å². The van der Waals surface area contributed by atoms with Crippen LogP contribution in [0, 0.1) is 0 Å². The maximum Gasteiger partial charge on any atom is 0.224 e. The average molecular weight is 344 g/mol. The van der Waals surface area contributed by atoms with Crippen molar-refractivity contribution in [1.82, 2.24) is 14.9 Å². The largest absolute Gasteiger partial charge is 0.365 e. The molecule has 0 aliphatic heterocycles. The maximum absolute atomic E-state index is 4.51. The van der Waals surface area contributed by atoms with Gasteiger partial charge in [-0.15, -0.1) is 0 Å². The minimum atomic E-state index is 0.333. The number of hydrogen-bond acceptors (Lipinski definition) is 5. The number of likely N-dealkylation sites (N-methyl/N-ethyl adjacent to an activating group) is 1. The molecule has 1 aromatic rings. The Balaban J connectivity index is 2.65. The Hall–Kier alpha value is -0.880. The van der Waals surface area contributed by atoms with Crippen molar-refractivity contribution >= 4 is 27.7 Å². The fraction of sp³-hybridized carbons (Fsp3) is 0.714. The molecule has 5 nitrogen and oxygen atoms in total. The van der Waals surface area contributed by atoms with Gasteiger partial charge in [-0.25, -0.2) is 4.98 Å². The van der Waals surface area contributed by atoms with Crippen molar-refractivity contribution in [3.8, 4) is 0 Å². The van der Waals surface area contributed by atoms with E-state index in [0.717, 1.165) is 42.9 Å². The zero-order chi connectivity index (χ0) is 15.0. The van der Waals surface area contributed by atoms with Crippen molar-refractivity contribution < 1.29 is 0 Å². The summed E-state index contributed by atoms with van der Waals surface area (Å²) in [5.74, 6) is 1.52. The van der Waals surface area contributed by atoms with Gasteiger partial charge in [0.1, 0.15) is 5.82 Å². The van der Waals surface area contributed by atoms with Gasteiger partial charge in [0.05, 0.1) is 4.47 Å². The fourth-order valence-corrected chi connectivity index (χ4v) is 2.24. The lowest BCUT2D eigenvalue weighted by atomic mass is 10.3. The first-order chi connectivity index (χ1) is 9.60. The Morgan fingerprint density at radius 3 is 2.60 bits per heavy atom. The van der Waals surface area contributed by atoms with Gasteiger partial charge in [-0.1, -0.05) is 20.8 Å². The number of nitrogens with one attached hydrogen (secondary N) is 2. The van der Waals surface area contributed by atoms with E-state index in [4.69, 9.17) is 0 Å². The monoisotopic (exact) mass is 343 g/mol. The predicted molar refractivity (Wildman–Crippen MR) is 89.4 cm³/mol. The summed E-state index contributed by atoms with van der Waals surface area (Å²) in [7, 11) is 0. The van der Waals surface area contributed by atoms with E-state index in [0.29, 0.717) is 12.0 Å². The van der Waals surface area contributed by atoms with Crippen molar-refractivity contribution in [1.29, 1.82) is 0 Å². The van der Waals surface area contributed by atoms with Crippen LogP contribution in [-0.4, -0.2) is 47.1 Å². The van der Waals surface area contributed by atoms with Crippen molar-refractivity contribution in [3.05, 3.63) is 10.7 Å². The second-order valence-electron chi connectivity index (χ2n) is 4.85. The maximum atomic E-state index is 4.51. The van der Waals surface area contributed by atoms with Crippen LogP contribution in [0.15, 0.2) is 10.7 Å². The van der Waals surface area contributed by atoms with Gasteiger partial charge in [0.15, 0.2) is 0 Å². The van der Waals surface area contributed by atoms with Crippen LogP contribution in [0.2, 0.25) is 0 Å². The number of halogens is 1. The molecule has 0 amide bonds. The van der Waals surface area contributed by atoms with E-state index < -0.39 is 0 Å². The van der Waals surface area contributed by atoms with E-state index in [-0.39, 0.29) is 0 Å². The lowest BCUT2D eigenvalue weighted by Gasteiger charge is -2.24. The SMILES string of the molecule is CCCNc1ncc(Br)c(NC(C)CN(CC)CC)n1. The summed E-state index contributed by atoms with van der Waals surface area (Å²) in [5, 5.41) is 6.65. The summed E-state index contributed by atoms with van der Waals surface area (Å²) in [6.07, 6.45) is 2.85. The minimum Gasteiger partial charge on any atom is -0.365 e. The third-order valence-corrected chi connectivity index (χ3v) is 3.67. The summed E-state index contributed by atoms with van der Waals surface area (Å²) in [5.41, 5.74) is 0. The number of nitrogens with zero attached hydrogens (tertiary/aromatic N) is 3. The van der Waals surface area contributed by atoms with Gasteiger partial charge in [0, 0.05) is 25.3 Å². The van der Waals surface area contributed by atoms with Gasteiger partial charge < -0.3 is 15.5 Å². The number of hydrogen-bond donors (Lipinski definition) is 2. The van der Waals surface area contributed by atoms with E-state index in [2.05, 4.69) is 69.1 Å². The van der Waals surface area contributed by atoms with Gasteiger partial charge >= 0.3 is 0 Å². The Morgan fingerprint density at radius 2 is 2.00 bits per heavy atom. The molecule has 0 spiro atoms. The molecule has 1 heterocycles. The first kappa shape index (κ1) is 17.2. The first-order valence-electron chi connectivity index (χ1n) is 7.35. The molecule has 0 aromatic carbocycles.